The fourth-order valence-corrected chi connectivity index (χ4v) is 2.17. The van der Waals surface area contributed by atoms with Crippen molar-refractivity contribution in [3.63, 3.8) is 0 Å². The van der Waals surface area contributed by atoms with E-state index in [4.69, 9.17) is 4.74 Å². The van der Waals surface area contributed by atoms with Crippen molar-refractivity contribution in [1.82, 2.24) is 4.90 Å². The molecule has 0 radical (unpaired) electrons. The minimum atomic E-state index is 0.0343. The van der Waals surface area contributed by atoms with Gasteiger partial charge in [-0.2, -0.15) is 0 Å². The lowest BCUT2D eigenvalue weighted by molar-refractivity contribution is -0.125. The summed E-state index contributed by atoms with van der Waals surface area (Å²) in [6.45, 7) is 2.77. The maximum Gasteiger partial charge on any atom is 0.295 e. The zero-order valence-electron chi connectivity index (χ0n) is 9.24. The van der Waals surface area contributed by atoms with Gasteiger partial charge in [0.25, 0.3) is 11.9 Å². The molecule has 0 atom stereocenters. The molecule has 0 aromatic carbocycles. The molecule has 0 aromatic rings. The van der Waals surface area contributed by atoms with E-state index in [1.54, 1.807) is 4.90 Å². The van der Waals surface area contributed by atoms with Gasteiger partial charge < -0.3 is 4.74 Å². The van der Waals surface area contributed by atoms with Crippen molar-refractivity contribution in [2.24, 2.45) is 4.99 Å². The third-order valence-electron chi connectivity index (χ3n) is 3.04. The summed E-state index contributed by atoms with van der Waals surface area (Å²) in [4.78, 5) is 17.5. The molecule has 1 aliphatic carbocycles. The molecule has 1 saturated carbocycles. The van der Waals surface area contributed by atoms with Gasteiger partial charge in [-0.25, -0.2) is 4.99 Å². The van der Waals surface area contributed by atoms with Gasteiger partial charge >= 0.3 is 0 Å². The highest BCUT2D eigenvalue weighted by atomic mass is 16.5. The van der Waals surface area contributed by atoms with E-state index in [0.717, 1.165) is 12.8 Å². The van der Waals surface area contributed by atoms with Gasteiger partial charge in [-0.05, 0) is 19.8 Å². The van der Waals surface area contributed by atoms with Gasteiger partial charge in [-0.15, -0.1) is 0 Å². The fraction of sp³-hybridized carbons (Fsp3) is 0.818. The number of hydrogen-bond acceptors (Lipinski definition) is 3. The third kappa shape index (κ3) is 2.30. The highest BCUT2D eigenvalue weighted by Crippen LogP contribution is 2.21. The summed E-state index contributed by atoms with van der Waals surface area (Å²) in [6.07, 6.45) is 6.10. The van der Waals surface area contributed by atoms with E-state index < -0.39 is 0 Å². The highest BCUT2D eigenvalue weighted by molar-refractivity contribution is 6.00. The summed E-state index contributed by atoms with van der Waals surface area (Å²) in [5, 5.41) is 0. The van der Waals surface area contributed by atoms with Crippen LogP contribution in [0.5, 0.6) is 0 Å². The Bertz CT molecular complexity index is 270. The first-order valence-corrected chi connectivity index (χ1v) is 5.82. The Morgan fingerprint density at radius 1 is 1.40 bits per heavy atom. The van der Waals surface area contributed by atoms with Crippen LogP contribution in [-0.4, -0.2) is 36.0 Å². The molecule has 0 bridgehead atoms. The predicted molar refractivity (Wildman–Crippen MR) is 57.6 cm³/mol. The lowest BCUT2D eigenvalue weighted by Crippen LogP contribution is -2.31. The number of hydrogen-bond donors (Lipinski definition) is 0. The molecule has 0 N–H and O–H groups in total. The average Bonchev–Trinajstić information content (AvgIpc) is 2.61. The van der Waals surface area contributed by atoms with Crippen molar-refractivity contribution < 1.29 is 9.53 Å². The molecule has 0 spiro atoms. The van der Waals surface area contributed by atoms with Crippen LogP contribution in [0.2, 0.25) is 0 Å². The number of carbonyl (C=O) groups excluding carboxylic acids is 1. The molecule has 0 aromatic heterocycles. The Morgan fingerprint density at radius 2 is 2.13 bits per heavy atom. The quantitative estimate of drug-likeness (QED) is 0.694. The van der Waals surface area contributed by atoms with E-state index >= 15 is 0 Å². The van der Waals surface area contributed by atoms with Crippen LogP contribution < -0.4 is 0 Å². The van der Waals surface area contributed by atoms with Gasteiger partial charge in [0.1, 0.15) is 0 Å². The maximum absolute atomic E-state index is 11.4. The number of nitrogens with zero attached hydrogens (tertiary/aromatic N) is 2. The first kappa shape index (κ1) is 10.5. The predicted octanol–water partition coefficient (Wildman–Crippen LogP) is 1.55. The monoisotopic (exact) mass is 210 g/mol. The molecule has 4 nitrogen and oxygen atoms in total. The SMILES string of the molecule is CCN1C(=O)COC1=NC1CCCCC1. The molecule has 0 unspecified atom stereocenters. The van der Waals surface area contributed by atoms with E-state index in [-0.39, 0.29) is 12.5 Å². The summed E-state index contributed by atoms with van der Waals surface area (Å²) in [6, 6.07) is 0.920. The van der Waals surface area contributed by atoms with E-state index in [1.165, 1.54) is 19.3 Å². The second-order valence-corrected chi connectivity index (χ2v) is 4.13. The van der Waals surface area contributed by atoms with Crippen molar-refractivity contribution in [1.29, 1.82) is 0 Å². The number of amides is 1. The molecular weight excluding hydrogens is 192 g/mol. The molecule has 4 heteroatoms. The molecule has 1 aliphatic heterocycles. The van der Waals surface area contributed by atoms with E-state index in [9.17, 15) is 4.79 Å². The minimum Gasteiger partial charge on any atom is -0.455 e. The number of amidine groups is 1. The lowest BCUT2D eigenvalue weighted by Gasteiger charge is -2.19. The highest BCUT2D eigenvalue weighted by Gasteiger charge is 2.28. The van der Waals surface area contributed by atoms with Gasteiger partial charge in [0.2, 0.25) is 0 Å². The zero-order valence-corrected chi connectivity index (χ0v) is 9.24. The summed E-state index contributed by atoms with van der Waals surface area (Å²) >= 11 is 0. The van der Waals surface area contributed by atoms with Gasteiger partial charge in [0.05, 0.1) is 6.04 Å². The summed E-state index contributed by atoms with van der Waals surface area (Å²) < 4.78 is 5.30. The molecule has 2 rings (SSSR count). The molecule has 84 valence electrons. The second-order valence-electron chi connectivity index (χ2n) is 4.13. The molecule has 1 amide bonds. The van der Waals surface area contributed by atoms with Crippen molar-refractivity contribution in [2.75, 3.05) is 13.2 Å². The van der Waals surface area contributed by atoms with Crippen LogP contribution in [0.3, 0.4) is 0 Å². The molecule has 2 aliphatic rings. The molecule has 1 saturated heterocycles. The van der Waals surface area contributed by atoms with Gasteiger partial charge in [-0.1, -0.05) is 19.3 Å². The summed E-state index contributed by atoms with van der Waals surface area (Å²) in [5.41, 5.74) is 0. The Labute approximate surface area is 90.3 Å². The van der Waals surface area contributed by atoms with Crippen LogP contribution in [0, 0.1) is 0 Å². The molecular formula is C11H18N2O2. The van der Waals surface area contributed by atoms with Crippen molar-refractivity contribution in [3.8, 4) is 0 Å². The lowest BCUT2D eigenvalue weighted by atomic mass is 9.96. The smallest absolute Gasteiger partial charge is 0.295 e. The van der Waals surface area contributed by atoms with Crippen molar-refractivity contribution >= 4 is 11.9 Å². The summed E-state index contributed by atoms with van der Waals surface area (Å²) in [5.74, 6) is 0.0343. The van der Waals surface area contributed by atoms with Gasteiger partial charge in [-0.3, -0.25) is 9.69 Å². The topological polar surface area (TPSA) is 41.9 Å². The van der Waals surface area contributed by atoms with Crippen LogP contribution in [0.15, 0.2) is 4.99 Å². The van der Waals surface area contributed by atoms with Crippen LogP contribution in [-0.2, 0) is 9.53 Å². The Balaban J connectivity index is 2.01. The first-order chi connectivity index (χ1) is 7.31. The Kier molecular flexibility index (Phi) is 3.23. The van der Waals surface area contributed by atoms with Crippen LogP contribution in [0.4, 0.5) is 0 Å². The third-order valence-corrected chi connectivity index (χ3v) is 3.04. The van der Waals surface area contributed by atoms with Crippen molar-refractivity contribution in [2.45, 2.75) is 45.1 Å². The normalized spacial score (nSPS) is 26.1. The van der Waals surface area contributed by atoms with E-state index in [2.05, 4.69) is 4.99 Å². The van der Waals surface area contributed by atoms with E-state index in [1.807, 2.05) is 6.92 Å². The van der Waals surface area contributed by atoms with Gasteiger partial charge in [0.15, 0.2) is 6.61 Å². The maximum atomic E-state index is 11.4. The van der Waals surface area contributed by atoms with Crippen molar-refractivity contribution in [3.05, 3.63) is 0 Å². The number of ether oxygens (including phenoxy) is 1. The number of rotatable bonds is 2. The minimum absolute atomic E-state index is 0.0343. The summed E-state index contributed by atoms with van der Waals surface area (Å²) in [7, 11) is 0. The molecule has 15 heavy (non-hydrogen) atoms. The standard InChI is InChI=1S/C11H18N2O2/c1-2-13-10(14)8-15-11(13)12-9-6-4-3-5-7-9/h9H,2-8H2,1H3. The molecule has 1 heterocycles. The first-order valence-electron chi connectivity index (χ1n) is 5.82. The largest absolute Gasteiger partial charge is 0.455 e. The second kappa shape index (κ2) is 4.64. The van der Waals surface area contributed by atoms with Crippen LogP contribution >= 0.6 is 0 Å². The van der Waals surface area contributed by atoms with E-state index in [0.29, 0.717) is 18.6 Å². The van der Waals surface area contributed by atoms with Gasteiger partial charge in [0, 0.05) is 6.54 Å². The average molecular weight is 210 g/mol. The number of aliphatic imine (C=N–C) groups is 1. The Hall–Kier alpha value is -1.06. The zero-order chi connectivity index (χ0) is 10.7. The fourth-order valence-electron chi connectivity index (χ4n) is 2.17. The molecule has 2 fully saturated rings. The van der Waals surface area contributed by atoms with Crippen LogP contribution in [0.25, 0.3) is 0 Å². The Morgan fingerprint density at radius 3 is 2.80 bits per heavy atom. The number of likely N-dealkylation sites (N-methyl/N-ethyl adjacent to an activating group) is 1. The number of carbonyl (C=O) groups is 1. The van der Waals surface area contributed by atoms with Crippen LogP contribution in [0.1, 0.15) is 39.0 Å².